The molecule has 0 aliphatic carbocycles. The molecule has 134 valence electrons. The molecular weight excluding hydrogens is 331 g/mol. The molecular formula is C21H22FN2O2+. The number of amides is 1. The zero-order chi connectivity index (χ0) is 18.1. The molecule has 2 heterocycles. The molecule has 1 N–H and O–H groups in total. The molecule has 5 heteroatoms. The van der Waals surface area contributed by atoms with Gasteiger partial charge in [-0.05, 0) is 48.9 Å². The van der Waals surface area contributed by atoms with Crippen LogP contribution >= 0.6 is 0 Å². The molecule has 0 saturated carbocycles. The molecule has 0 unspecified atom stereocenters. The van der Waals surface area contributed by atoms with E-state index in [1.807, 2.05) is 6.07 Å². The fraction of sp³-hybridized carbons (Fsp3) is 0.333. The molecule has 1 amide bonds. The molecule has 4 rings (SSSR count). The van der Waals surface area contributed by atoms with Gasteiger partial charge in [-0.2, -0.15) is 0 Å². The number of carbonyl (C=O) groups excluding carboxylic acids is 2. The number of nitrogens with zero attached hydrogens (tertiary/aromatic N) is 1. The first-order valence-electron chi connectivity index (χ1n) is 9.15. The average Bonchev–Trinajstić information content (AvgIpc) is 2.89. The quantitative estimate of drug-likeness (QED) is 0.853. The lowest BCUT2D eigenvalue weighted by molar-refractivity contribution is -0.904. The van der Waals surface area contributed by atoms with Gasteiger partial charge in [0.1, 0.15) is 5.82 Å². The Bertz CT molecular complexity index is 829. The molecule has 0 radical (unpaired) electrons. The molecule has 1 saturated heterocycles. The highest BCUT2D eigenvalue weighted by molar-refractivity contribution is 6.52. The van der Waals surface area contributed by atoms with E-state index in [1.165, 1.54) is 27.5 Å². The normalized spacial score (nSPS) is 22.6. The largest absolute Gasteiger partial charge is 0.317 e. The first-order chi connectivity index (χ1) is 12.6. The second-order valence-corrected chi connectivity index (χ2v) is 7.26. The lowest BCUT2D eigenvalue weighted by Crippen LogP contribution is -3.14. The van der Waals surface area contributed by atoms with Crippen LogP contribution in [0, 0.1) is 11.7 Å². The molecule has 4 nitrogen and oxygen atoms in total. The molecule has 26 heavy (non-hydrogen) atoms. The molecule has 0 atom stereocenters. The standard InChI is InChI=1S/C21H21FN2O2/c22-17-6-7-19-18(13-17)20(25)21(26)24(19)14-23-10-8-16(9-11-23)12-15-4-2-1-3-5-15/h1-7,13,16H,8-12,14H2/p+1. The Morgan fingerprint density at radius 2 is 1.77 bits per heavy atom. The number of ketones is 1. The molecule has 2 aliphatic heterocycles. The van der Waals surface area contributed by atoms with Gasteiger partial charge >= 0.3 is 5.91 Å². The van der Waals surface area contributed by atoms with Crippen molar-refractivity contribution >= 4 is 17.4 Å². The summed E-state index contributed by atoms with van der Waals surface area (Å²) in [5.74, 6) is -0.957. The molecule has 2 aromatic carbocycles. The van der Waals surface area contributed by atoms with E-state index in [9.17, 15) is 14.0 Å². The highest BCUT2D eigenvalue weighted by atomic mass is 19.1. The number of benzene rings is 2. The van der Waals surface area contributed by atoms with Crippen molar-refractivity contribution in [1.82, 2.24) is 0 Å². The highest BCUT2D eigenvalue weighted by Crippen LogP contribution is 2.28. The monoisotopic (exact) mass is 353 g/mol. The summed E-state index contributed by atoms with van der Waals surface area (Å²) in [4.78, 5) is 27.2. The van der Waals surface area contributed by atoms with E-state index in [4.69, 9.17) is 0 Å². The lowest BCUT2D eigenvalue weighted by atomic mass is 9.90. The van der Waals surface area contributed by atoms with Crippen LogP contribution in [-0.4, -0.2) is 31.4 Å². The van der Waals surface area contributed by atoms with Crippen LogP contribution in [0.1, 0.15) is 28.8 Å². The first kappa shape index (κ1) is 16.9. The summed E-state index contributed by atoms with van der Waals surface area (Å²) in [5, 5.41) is 0. The van der Waals surface area contributed by atoms with E-state index in [0.717, 1.165) is 38.4 Å². The number of hydrogen-bond donors (Lipinski definition) is 1. The number of hydrogen-bond acceptors (Lipinski definition) is 2. The number of quaternary nitrogens is 1. The Labute approximate surface area is 152 Å². The van der Waals surface area contributed by atoms with Gasteiger partial charge in [-0.3, -0.25) is 14.5 Å². The summed E-state index contributed by atoms with van der Waals surface area (Å²) in [6, 6.07) is 14.5. The van der Waals surface area contributed by atoms with Gasteiger partial charge in [0.25, 0.3) is 5.78 Å². The van der Waals surface area contributed by atoms with E-state index in [0.29, 0.717) is 18.3 Å². The van der Waals surface area contributed by atoms with Crippen LogP contribution in [-0.2, 0) is 11.2 Å². The fourth-order valence-electron chi connectivity index (χ4n) is 4.05. The second kappa shape index (κ2) is 7.00. The number of fused-ring (bicyclic) bond motifs is 1. The molecule has 0 aromatic heterocycles. The second-order valence-electron chi connectivity index (χ2n) is 7.26. The third-order valence-corrected chi connectivity index (χ3v) is 5.49. The van der Waals surface area contributed by atoms with Crippen LogP contribution in [0.4, 0.5) is 10.1 Å². The lowest BCUT2D eigenvalue weighted by Gasteiger charge is -2.31. The number of anilines is 1. The Balaban J connectivity index is 1.38. The van der Waals surface area contributed by atoms with Gasteiger partial charge in [0, 0.05) is 0 Å². The maximum atomic E-state index is 13.4. The Morgan fingerprint density at radius 1 is 1.04 bits per heavy atom. The minimum Gasteiger partial charge on any atom is -0.317 e. The van der Waals surface area contributed by atoms with E-state index >= 15 is 0 Å². The summed E-state index contributed by atoms with van der Waals surface area (Å²) in [6.45, 7) is 2.43. The van der Waals surface area contributed by atoms with Crippen molar-refractivity contribution in [3.8, 4) is 0 Å². The highest BCUT2D eigenvalue weighted by Gasteiger charge is 2.38. The first-order valence-corrected chi connectivity index (χ1v) is 9.15. The van der Waals surface area contributed by atoms with Crippen molar-refractivity contribution in [1.29, 1.82) is 0 Å². The maximum Gasteiger partial charge on any atom is 0.303 e. The van der Waals surface area contributed by atoms with Gasteiger partial charge in [-0.1, -0.05) is 30.3 Å². The van der Waals surface area contributed by atoms with Crippen molar-refractivity contribution in [3.63, 3.8) is 0 Å². The number of Topliss-reactive ketones (excluding diaryl/α,β-unsaturated/α-hetero) is 1. The van der Waals surface area contributed by atoms with Crippen LogP contribution in [0.15, 0.2) is 48.5 Å². The van der Waals surface area contributed by atoms with Crippen LogP contribution in [0.2, 0.25) is 0 Å². The number of likely N-dealkylation sites (tertiary alicyclic amines) is 1. The minimum absolute atomic E-state index is 0.188. The number of halogens is 1. The Hall–Kier alpha value is -2.53. The van der Waals surface area contributed by atoms with Crippen molar-refractivity contribution < 1.29 is 18.9 Å². The molecule has 2 aromatic rings. The summed E-state index contributed by atoms with van der Waals surface area (Å²) in [6.07, 6.45) is 3.31. The van der Waals surface area contributed by atoms with Crippen molar-refractivity contribution in [2.45, 2.75) is 19.3 Å². The summed E-state index contributed by atoms with van der Waals surface area (Å²) in [7, 11) is 0. The van der Waals surface area contributed by atoms with Crippen LogP contribution in [0.3, 0.4) is 0 Å². The Kier molecular flexibility index (Phi) is 4.55. The zero-order valence-electron chi connectivity index (χ0n) is 14.6. The number of nitrogens with one attached hydrogen (secondary N) is 1. The average molecular weight is 353 g/mol. The van der Waals surface area contributed by atoms with Crippen LogP contribution < -0.4 is 9.80 Å². The predicted molar refractivity (Wildman–Crippen MR) is 96.7 cm³/mol. The van der Waals surface area contributed by atoms with Crippen LogP contribution in [0.5, 0.6) is 0 Å². The van der Waals surface area contributed by atoms with Crippen molar-refractivity contribution in [2.24, 2.45) is 5.92 Å². The summed E-state index contributed by atoms with van der Waals surface area (Å²) in [5.41, 5.74) is 2.10. The van der Waals surface area contributed by atoms with Gasteiger partial charge in [0.05, 0.1) is 24.3 Å². The van der Waals surface area contributed by atoms with Crippen LogP contribution in [0.25, 0.3) is 0 Å². The summed E-state index contributed by atoms with van der Waals surface area (Å²) >= 11 is 0. The Morgan fingerprint density at radius 3 is 2.50 bits per heavy atom. The third kappa shape index (κ3) is 3.27. The molecule has 1 fully saturated rings. The SMILES string of the molecule is O=C1C(=O)N(C[NH+]2CCC(Cc3ccccc3)CC2)c2ccc(F)cc21. The van der Waals surface area contributed by atoms with E-state index < -0.39 is 17.5 Å². The van der Waals surface area contributed by atoms with Crippen molar-refractivity contribution in [3.05, 3.63) is 65.5 Å². The number of piperidine rings is 1. The molecule has 2 aliphatic rings. The zero-order valence-corrected chi connectivity index (χ0v) is 14.6. The predicted octanol–water partition coefficient (Wildman–Crippen LogP) is 1.85. The van der Waals surface area contributed by atoms with Gasteiger partial charge in [0.15, 0.2) is 6.67 Å². The van der Waals surface area contributed by atoms with E-state index in [1.54, 1.807) is 0 Å². The van der Waals surface area contributed by atoms with E-state index in [2.05, 4.69) is 24.3 Å². The minimum atomic E-state index is -0.599. The number of rotatable bonds is 4. The maximum absolute atomic E-state index is 13.4. The smallest absolute Gasteiger partial charge is 0.303 e. The number of carbonyl (C=O) groups is 2. The molecule has 0 bridgehead atoms. The van der Waals surface area contributed by atoms with Crippen molar-refractivity contribution in [2.75, 3.05) is 24.7 Å². The third-order valence-electron chi connectivity index (χ3n) is 5.49. The van der Waals surface area contributed by atoms with E-state index in [-0.39, 0.29) is 5.56 Å². The van der Waals surface area contributed by atoms with Gasteiger partial charge in [-0.15, -0.1) is 0 Å². The molecule has 0 spiro atoms. The fourth-order valence-corrected chi connectivity index (χ4v) is 4.05. The van der Waals surface area contributed by atoms with Gasteiger partial charge in [0.2, 0.25) is 0 Å². The van der Waals surface area contributed by atoms with Gasteiger partial charge < -0.3 is 4.90 Å². The summed E-state index contributed by atoms with van der Waals surface area (Å²) < 4.78 is 13.4. The topological polar surface area (TPSA) is 41.8 Å². The van der Waals surface area contributed by atoms with Gasteiger partial charge in [-0.25, -0.2) is 4.39 Å².